The molecule has 0 saturated heterocycles. The molecular weight excluding hydrogens is 376 g/mol. The van der Waals surface area contributed by atoms with E-state index in [1.165, 1.54) is 0 Å². The minimum Gasteiger partial charge on any atom is -0.544 e. The second-order valence-electron chi connectivity index (χ2n) is 8.16. The molecule has 2 aromatic carbocycles. The van der Waals surface area contributed by atoms with Crippen LogP contribution in [-0.2, 0) is 4.74 Å². The lowest BCUT2D eigenvalue weighted by Crippen LogP contribution is -2.29. The molecule has 27 heavy (non-hydrogen) atoms. The van der Waals surface area contributed by atoms with E-state index < -0.39 is 28.6 Å². The summed E-state index contributed by atoms with van der Waals surface area (Å²) in [6.07, 6.45) is 0. The van der Waals surface area contributed by atoms with Gasteiger partial charge >= 0.3 is 11.9 Å². The molecular formula is C20H26O5Si2. The summed E-state index contributed by atoms with van der Waals surface area (Å²) in [7, 11) is -3.59. The number of ether oxygens (including phenoxy) is 1. The maximum absolute atomic E-state index is 12.3. The van der Waals surface area contributed by atoms with Crippen LogP contribution in [0.25, 0.3) is 0 Å². The van der Waals surface area contributed by atoms with Crippen molar-refractivity contribution in [3.8, 4) is 11.5 Å². The molecule has 0 bridgehead atoms. The number of benzene rings is 2. The number of carbonyl (C=O) groups is 2. The van der Waals surface area contributed by atoms with E-state index in [4.69, 9.17) is 13.6 Å². The van der Waals surface area contributed by atoms with Crippen LogP contribution in [0.2, 0.25) is 39.3 Å². The Morgan fingerprint density at radius 2 is 1.04 bits per heavy atom. The zero-order valence-corrected chi connectivity index (χ0v) is 18.7. The maximum atomic E-state index is 12.3. The molecule has 0 aliphatic carbocycles. The summed E-state index contributed by atoms with van der Waals surface area (Å²) in [5.41, 5.74) is 0.544. The van der Waals surface area contributed by atoms with Crippen molar-refractivity contribution >= 4 is 28.6 Å². The molecule has 0 heterocycles. The standard InChI is InChI=1S/C20H26O5Si2/c1-26(2,3)24-17-11-7-9-15(13-17)19(21)23-20(22)16-10-8-12-18(14-16)25-27(4,5)6/h7-14H,1-6H3. The molecule has 5 nitrogen and oxygen atoms in total. The molecule has 2 rings (SSSR count). The Hall–Kier alpha value is -2.39. The molecule has 2 aromatic rings. The fraction of sp³-hybridized carbons (Fsp3) is 0.300. The van der Waals surface area contributed by atoms with Crippen LogP contribution in [0.4, 0.5) is 0 Å². The predicted molar refractivity (Wildman–Crippen MR) is 111 cm³/mol. The van der Waals surface area contributed by atoms with E-state index >= 15 is 0 Å². The first-order valence-corrected chi connectivity index (χ1v) is 15.6. The highest BCUT2D eigenvalue weighted by atomic mass is 28.4. The number of hydrogen-bond acceptors (Lipinski definition) is 5. The molecule has 7 heteroatoms. The summed E-state index contributed by atoms with van der Waals surface area (Å²) < 4.78 is 16.8. The summed E-state index contributed by atoms with van der Waals surface area (Å²) >= 11 is 0. The lowest BCUT2D eigenvalue weighted by atomic mass is 10.2. The number of carbonyl (C=O) groups excluding carboxylic acids is 2. The minimum absolute atomic E-state index is 0.272. The van der Waals surface area contributed by atoms with Crippen LogP contribution in [0.1, 0.15) is 20.7 Å². The minimum atomic E-state index is -1.80. The van der Waals surface area contributed by atoms with Crippen molar-refractivity contribution in [2.75, 3.05) is 0 Å². The van der Waals surface area contributed by atoms with Gasteiger partial charge < -0.3 is 13.6 Å². The van der Waals surface area contributed by atoms with E-state index in [1.807, 2.05) is 0 Å². The van der Waals surface area contributed by atoms with Crippen molar-refractivity contribution in [3.05, 3.63) is 59.7 Å². The number of hydrogen-bond donors (Lipinski definition) is 0. The van der Waals surface area contributed by atoms with Gasteiger partial charge in [0.2, 0.25) is 16.6 Å². The third-order valence-corrected chi connectivity index (χ3v) is 4.87. The van der Waals surface area contributed by atoms with E-state index in [9.17, 15) is 9.59 Å². The Morgan fingerprint density at radius 1 is 0.667 bits per heavy atom. The summed E-state index contributed by atoms with van der Waals surface area (Å²) in [6.45, 7) is 12.3. The third kappa shape index (κ3) is 7.03. The van der Waals surface area contributed by atoms with Gasteiger partial charge in [-0.25, -0.2) is 9.59 Å². The Kier molecular flexibility index (Phi) is 6.28. The first-order chi connectivity index (χ1) is 12.4. The van der Waals surface area contributed by atoms with Crippen LogP contribution in [-0.4, -0.2) is 28.6 Å². The molecule has 144 valence electrons. The fourth-order valence-electron chi connectivity index (χ4n) is 2.28. The molecule has 0 spiro atoms. The van der Waals surface area contributed by atoms with E-state index in [1.54, 1.807) is 48.5 Å². The van der Waals surface area contributed by atoms with Gasteiger partial charge in [-0.1, -0.05) is 12.1 Å². The molecule has 0 radical (unpaired) electrons. The van der Waals surface area contributed by atoms with Crippen molar-refractivity contribution in [2.24, 2.45) is 0 Å². The van der Waals surface area contributed by atoms with Crippen LogP contribution in [0, 0.1) is 0 Å². The Balaban J connectivity index is 2.11. The van der Waals surface area contributed by atoms with Crippen molar-refractivity contribution in [2.45, 2.75) is 39.3 Å². The highest BCUT2D eigenvalue weighted by Gasteiger charge is 2.20. The van der Waals surface area contributed by atoms with Crippen molar-refractivity contribution < 1.29 is 23.2 Å². The van der Waals surface area contributed by atoms with E-state index in [0.29, 0.717) is 11.5 Å². The smallest absolute Gasteiger partial charge is 0.346 e. The lowest BCUT2D eigenvalue weighted by molar-refractivity contribution is 0.0397. The topological polar surface area (TPSA) is 61.8 Å². The number of rotatable bonds is 6. The van der Waals surface area contributed by atoms with Crippen LogP contribution in [0.3, 0.4) is 0 Å². The van der Waals surface area contributed by atoms with Crippen LogP contribution in [0.15, 0.2) is 48.5 Å². The van der Waals surface area contributed by atoms with Crippen LogP contribution in [0.5, 0.6) is 11.5 Å². The van der Waals surface area contributed by atoms with Gasteiger partial charge in [-0.15, -0.1) is 0 Å². The van der Waals surface area contributed by atoms with Gasteiger partial charge in [0.1, 0.15) is 11.5 Å². The van der Waals surface area contributed by atoms with Gasteiger partial charge in [0.15, 0.2) is 0 Å². The highest BCUT2D eigenvalue weighted by Crippen LogP contribution is 2.20. The molecule has 0 aromatic heterocycles. The number of esters is 2. The average Bonchev–Trinajstić information content (AvgIpc) is 2.52. The molecule has 0 aliphatic heterocycles. The van der Waals surface area contributed by atoms with E-state index in [0.717, 1.165) is 0 Å². The average molecular weight is 403 g/mol. The second-order valence-corrected chi connectivity index (χ2v) is 17.0. The summed E-state index contributed by atoms with van der Waals surface area (Å²) in [6, 6.07) is 13.4. The first kappa shape index (κ1) is 20.9. The first-order valence-electron chi connectivity index (χ1n) is 8.78. The van der Waals surface area contributed by atoms with Gasteiger partial charge in [-0.2, -0.15) is 0 Å². The molecule has 0 fully saturated rings. The molecule has 0 unspecified atom stereocenters. The Morgan fingerprint density at radius 3 is 1.37 bits per heavy atom. The van der Waals surface area contributed by atoms with E-state index in [-0.39, 0.29) is 11.1 Å². The monoisotopic (exact) mass is 402 g/mol. The highest BCUT2D eigenvalue weighted by molar-refractivity contribution is 6.70. The summed E-state index contributed by atoms with van der Waals surface area (Å²) in [5, 5.41) is 0. The van der Waals surface area contributed by atoms with Crippen molar-refractivity contribution in [3.63, 3.8) is 0 Å². The second kappa shape index (κ2) is 8.10. The van der Waals surface area contributed by atoms with Gasteiger partial charge in [-0.3, -0.25) is 0 Å². The van der Waals surface area contributed by atoms with Gasteiger partial charge in [-0.05, 0) is 75.7 Å². The SMILES string of the molecule is C[Si](C)(C)Oc1cccc(C(=O)OC(=O)c2cccc(O[Si](C)(C)C)c2)c1. The van der Waals surface area contributed by atoms with E-state index in [2.05, 4.69) is 39.3 Å². The molecule has 0 atom stereocenters. The Bertz CT molecular complexity index is 765. The zero-order valence-electron chi connectivity index (χ0n) is 16.7. The van der Waals surface area contributed by atoms with Crippen LogP contribution < -0.4 is 8.85 Å². The largest absolute Gasteiger partial charge is 0.544 e. The summed E-state index contributed by atoms with van der Waals surface area (Å²) in [4.78, 5) is 24.7. The zero-order chi connectivity index (χ0) is 20.2. The molecule has 0 N–H and O–H groups in total. The fourth-order valence-corrected chi connectivity index (χ4v) is 3.95. The molecule has 0 amide bonds. The van der Waals surface area contributed by atoms with Gasteiger partial charge in [0.05, 0.1) is 11.1 Å². The normalized spacial score (nSPS) is 11.6. The molecule has 0 saturated carbocycles. The maximum Gasteiger partial charge on any atom is 0.346 e. The predicted octanol–water partition coefficient (Wildman–Crippen LogP) is 5.11. The van der Waals surface area contributed by atoms with Crippen molar-refractivity contribution in [1.29, 1.82) is 0 Å². The van der Waals surface area contributed by atoms with Crippen LogP contribution >= 0.6 is 0 Å². The lowest BCUT2D eigenvalue weighted by Gasteiger charge is -2.19. The third-order valence-electron chi connectivity index (χ3n) is 3.17. The van der Waals surface area contributed by atoms with Gasteiger partial charge in [0.25, 0.3) is 0 Å². The van der Waals surface area contributed by atoms with Crippen molar-refractivity contribution in [1.82, 2.24) is 0 Å². The summed E-state index contributed by atoms with van der Waals surface area (Å²) in [5.74, 6) is -0.224. The Labute approximate surface area is 162 Å². The quantitative estimate of drug-likeness (QED) is 0.382. The van der Waals surface area contributed by atoms with Gasteiger partial charge in [0, 0.05) is 0 Å². The molecule has 0 aliphatic rings.